The lowest BCUT2D eigenvalue weighted by atomic mass is 10.2. The van der Waals surface area contributed by atoms with Crippen molar-refractivity contribution in [3.05, 3.63) is 0 Å². The monoisotopic (exact) mass is 681 g/mol. The van der Waals surface area contributed by atoms with E-state index in [4.69, 9.17) is 43.0 Å². The number of ether oxygens (including phenoxy) is 8. The van der Waals surface area contributed by atoms with Gasteiger partial charge in [0.05, 0.1) is 79.3 Å². The molecular formula is C31H59N3O13. The molecule has 0 aliphatic carbocycles. The molecule has 0 heterocycles. The molecule has 16 heteroatoms. The fourth-order valence-corrected chi connectivity index (χ4v) is 3.42. The van der Waals surface area contributed by atoms with Crippen molar-refractivity contribution >= 4 is 24.1 Å². The number of alkyl carbamates (subject to hydrolysis) is 2. The van der Waals surface area contributed by atoms with Crippen LogP contribution in [-0.2, 0) is 47.5 Å². The zero-order valence-corrected chi connectivity index (χ0v) is 29.2. The standard InChI is InChI=1S/C31H59N3O13/c1-30(2,3)46-28(38)32-10-14-40-18-22-44-24-20-42-16-12-34(26(35)8-7-9-27(36)37)13-17-43-21-25-45-23-19-41-15-11-33-29(39)47-31(4,5)6/h7-25H2,1-6H3,(H,32,38)(H,33,39)(H,36,37). The number of nitrogens with zero attached hydrogens (tertiary/aromatic N) is 1. The molecule has 0 spiro atoms. The van der Waals surface area contributed by atoms with Crippen molar-refractivity contribution in [3.8, 4) is 0 Å². The Morgan fingerprint density at radius 3 is 1.21 bits per heavy atom. The van der Waals surface area contributed by atoms with Crippen molar-refractivity contribution in [2.75, 3.05) is 105 Å². The van der Waals surface area contributed by atoms with Gasteiger partial charge in [0.1, 0.15) is 11.2 Å². The molecule has 0 bridgehead atoms. The first-order chi connectivity index (χ1) is 22.2. The Morgan fingerprint density at radius 1 is 0.532 bits per heavy atom. The normalized spacial score (nSPS) is 11.6. The Balaban J connectivity index is 3.96. The van der Waals surface area contributed by atoms with Gasteiger partial charge in [-0.15, -0.1) is 0 Å². The fraction of sp³-hybridized carbons (Fsp3) is 0.871. The predicted octanol–water partition coefficient (Wildman–Crippen LogP) is 2.22. The lowest BCUT2D eigenvalue weighted by molar-refractivity contribution is -0.137. The van der Waals surface area contributed by atoms with E-state index in [2.05, 4.69) is 10.6 Å². The number of aliphatic carboxylic acids is 1. The van der Waals surface area contributed by atoms with Gasteiger partial charge in [-0.2, -0.15) is 0 Å². The molecule has 3 amide bonds. The Hall–Kier alpha value is -2.76. The highest BCUT2D eigenvalue weighted by Crippen LogP contribution is 2.07. The highest BCUT2D eigenvalue weighted by molar-refractivity contribution is 5.77. The summed E-state index contributed by atoms with van der Waals surface area (Å²) in [6.07, 6.45) is -0.675. The fourth-order valence-electron chi connectivity index (χ4n) is 3.42. The first kappa shape index (κ1) is 44.2. The van der Waals surface area contributed by atoms with Crippen LogP contribution in [0, 0.1) is 0 Å². The Bertz CT molecular complexity index is 796. The third kappa shape index (κ3) is 33.0. The van der Waals surface area contributed by atoms with Crippen LogP contribution in [0.15, 0.2) is 0 Å². The minimum atomic E-state index is -0.943. The van der Waals surface area contributed by atoms with Crippen molar-refractivity contribution < 1.29 is 62.2 Å². The van der Waals surface area contributed by atoms with Gasteiger partial charge in [0, 0.05) is 39.0 Å². The summed E-state index contributed by atoms with van der Waals surface area (Å²) in [5.41, 5.74) is -1.10. The summed E-state index contributed by atoms with van der Waals surface area (Å²) in [5, 5.41) is 14.1. The molecule has 0 saturated carbocycles. The molecular weight excluding hydrogens is 622 g/mol. The number of amides is 3. The van der Waals surface area contributed by atoms with Gasteiger partial charge in [-0.25, -0.2) is 9.59 Å². The molecule has 47 heavy (non-hydrogen) atoms. The highest BCUT2D eigenvalue weighted by Gasteiger charge is 2.17. The van der Waals surface area contributed by atoms with E-state index in [1.165, 1.54) is 0 Å². The third-order valence-corrected chi connectivity index (χ3v) is 5.46. The molecule has 0 fully saturated rings. The Kier molecular flexibility index (Phi) is 25.6. The minimum absolute atomic E-state index is 0.0742. The van der Waals surface area contributed by atoms with E-state index >= 15 is 0 Å². The zero-order valence-electron chi connectivity index (χ0n) is 29.2. The van der Waals surface area contributed by atoms with Crippen molar-refractivity contribution in [1.29, 1.82) is 0 Å². The maximum Gasteiger partial charge on any atom is 0.407 e. The van der Waals surface area contributed by atoms with Crippen LogP contribution < -0.4 is 10.6 Å². The van der Waals surface area contributed by atoms with Gasteiger partial charge in [-0.05, 0) is 48.0 Å². The van der Waals surface area contributed by atoms with Crippen LogP contribution in [0.2, 0.25) is 0 Å². The van der Waals surface area contributed by atoms with Gasteiger partial charge in [0.2, 0.25) is 5.91 Å². The second kappa shape index (κ2) is 27.2. The van der Waals surface area contributed by atoms with Crippen LogP contribution in [-0.4, -0.2) is 151 Å². The largest absolute Gasteiger partial charge is 0.481 e. The number of hydrogen-bond donors (Lipinski definition) is 3. The van der Waals surface area contributed by atoms with E-state index < -0.39 is 29.4 Å². The molecule has 0 aromatic carbocycles. The van der Waals surface area contributed by atoms with E-state index in [0.29, 0.717) is 92.2 Å². The molecule has 16 nitrogen and oxygen atoms in total. The SMILES string of the molecule is CC(C)(C)OC(=O)NCCOCCOCCOCCN(CCOCCOCCOCCNC(=O)OC(C)(C)C)C(=O)CCCC(=O)O. The number of rotatable bonds is 28. The maximum absolute atomic E-state index is 12.6. The molecule has 0 radical (unpaired) electrons. The van der Waals surface area contributed by atoms with Crippen LogP contribution in [0.3, 0.4) is 0 Å². The summed E-state index contributed by atoms with van der Waals surface area (Å²) in [7, 11) is 0. The number of nitrogens with one attached hydrogen (secondary N) is 2. The lowest BCUT2D eigenvalue weighted by Gasteiger charge is -2.23. The molecule has 3 N–H and O–H groups in total. The van der Waals surface area contributed by atoms with Gasteiger partial charge in [0.15, 0.2) is 0 Å². The summed E-state index contributed by atoms with van der Waals surface area (Å²) in [6.45, 7) is 16.1. The lowest BCUT2D eigenvalue weighted by Crippen LogP contribution is -2.37. The number of carbonyl (C=O) groups is 4. The zero-order chi connectivity index (χ0) is 35.4. The summed E-state index contributed by atoms with van der Waals surface area (Å²) in [6, 6.07) is 0. The maximum atomic E-state index is 12.6. The van der Waals surface area contributed by atoms with Crippen molar-refractivity contribution in [1.82, 2.24) is 15.5 Å². The number of carbonyl (C=O) groups excluding carboxylic acids is 3. The Labute approximate surface area is 279 Å². The van der Waals surface area contributed by atoms with Crippen molar-refractivity contribution in [2.45, 2.75) is 72.0 Å². The number of carboxylic acids is 1. The average molecular weight is 682 g/mol. The van der Waals surface area contributed by atoms with Crippen LogP contribution in [0.1, 0.15) is 60.8 Å². The number of hydrogen-bond acceptors (Lipinski definition) is 12. The molecule has 0 saturated heterocycles. The summed E-state index contributed by atoms with van der Waals surface area (Å²) < 4.78 is 43.2. The second-order valence-corrected chi connectivity index (χ2v) is 12.2. The van der Waals surface area contributed by atoms with Crippen molar-refractivity contribution in [3.63, 3.8) is 0 Å². The van der Waals surface area contributed by atoms with Gasteiger partial charge in [-0.1, -0.05) is 0 Å². The molecule has 0 aromatic heterocycles. The van der Waals surface area contributed by atoms with E-state index in [1.54, 1.807) is 46.4 Å². The van der Waals surface area contributed by atoms with Crippen LogP contribution >= 0.6 is 0 Å². The van der Waals surface area contributed by atoms with Crippen LogP contribution in [0.25, 0.3) is 0 Å². The smallest absolute Gasteiger partial charge is 0.407 e. The summed E-state index contributed by atoms with van der Waals surface area (Å²) >= 11 is 0. The molecule has 0 aromatic rings. The predicted molar refractivity (Wildman–Crippen MR) is 171 cm³/mol. The quantitative estimate of drug-likeness (QED) is 0.102. The molecule has 276 valence electrons. The average Bonchev–Trinajstić information content (AvgIpc) is 2.95. The first-order valence-corrected chi connectivity index (χ1v) is 16.1. The van der Waals surface area contributed by atoms with Crippen molar-refractivity contribution in [2.24, 2.45) is 0 Å². The molecule has 0 atom stereocenters. The summed E-state index contributed by atoms with van der Waals surface area (Å²) in [5.74, 6) is -1.11. The number of carboxylic acid groups (broad SMARTS) is 1. The van der Waals surface area contributed by atoms with Gasteiger partial charge >= 0.3 is 18.2 Å². The second-order valence-electron chi connectivity index (χ2n) is 12.2. The van der Waals surface area contributed by atoms with E-state index in [-0.39, 0.29) is 38.4 Å². The van der Waals surface area contributed by atoms with E-state index in [0.717, 1.165) is 0 Å². The van der Waals surface area contributed by atoms with Gasteiger partial charge in [0.25, 0.3) is 0 Å². The summed E-state index contributed by atoms with van der Waals surface area (Å²) in [4.78, 5) is 48.1. The first-order valence-electron chi connectivity index (χ1n) is 16.1. The third-order valence-electron chi connectivity index (χ3n) is 5.46. The topological polar surface area (TPSA) is 190 Å². The van der Waals surface area contributed by atoms with E-state index in [1.807, 2.05) is 0 Å². The van der Waals surface area contributed by atoms with Gasteiger partial charge < -0.3 is 58.5 Å². The molecule has 0 unspecified atom stereocenters. The Morgan fingerprint density at radius 2 is 0.872 bits per heavy atom. The van der Waals surface area contributed by atoms with Crippen LogP contribution in [0.5, 0.6) is 0 Å². The van der Waals surface area contributed by atoms with Gasteiger partial charge in [-0.3, -0.25) is 9.59 Å². The minimum Gasteiger partial charge on any atom is -0.481 e. The molecule has 0 aliphatic heterocycles. The van der Waals surface area contributed by atoms with Crippen LogP contribution in [0.4, 0.5) is 9.59 Å². The highest BCUT2D eigenvalue weighted by atomic mass is 16.6. The van der Waals surface area contributed by atoms with E-state index in [9.17, 15) is 19.2 Å². The molecule has 0 rings (SSSR count). The molecule has 0 aliphatic rings.